The van der Waals surface area contributed by atoms with E-state index in [-0.39, 0.29) is 6.42 Å². The van der Waals surface area contributed by atoms with Crippen molar-refractivity contribution in [2.75, 3.05) is 0 Å². The summed E-state index contributed by atoms with van der Waals surface area (Å²) in [6.45, 7) is 1.50. The number of nitrogens with one attached hydrogen (secondary N) is 1. The first-order valence-electron chi connectivity index (χ1n) is 5.25. The van der Waals surface area contributed by atoms with Crippen LogP contribution >= 0.6 is 11.3 Å². The molecular formula is C12H13NO3S. The Balaban J connectivity index is 1.79. The van der Waals surface area contributed by atoms with Crippen LogP contribution in [0.1, 0.15) is 15.3 Å². The zero-order valence-electron chi connectivity index (χ0n) is 9.18. The number of thiophene rings is 1. The SMILES string of the molecule is O=C(O)Cc1ccc(CNCc2ccoc2)s1. The average Bonchev–Trinajstić information content (AvgIpc) is 2.89. The van der Waals surface area contributed by atoms with E-state index in [1.807, 2.05) is 18.2 Å². The van der Waals surface area contributed by atoms with E-state index in [4.69, 9.17) is 9.52 Å². The Kier molecular flexibility index (Phi) is 3.95. The molecule has 2 aromatic heterocycles. The summed E-state index contributed by atoms with van der Waals surface area (Å²) in [6, 6.07) is 5.75. The van der Waals surface area contributed by atoms with E-state index in [1.165, 1.54) is 11.3 Å². The van der Waals surface area contributed by atoms with Crippen LogP contribution in [0.4, 0.5) is 0 Å². The van der Waals surface area contributed by atoms with Crippen LogP contribution in [0.5, 0.6) is 0 Å². The van der Waals surface area contributed by atoms with Gasteiger partial charge in [0.15, 0.2) is 0 Å². The normalized spacial score (nSPS) is 10.6. The van der Waals surface area contributed by atoms with Gasteiger partial charge in [0.05, 0.1) is 18.9 Å². The minimum absolute atomic E-state index is 0.104. The third-order valence-electron chi connectivity index (χ3n) is 2.25. The molecule has 2 N–H and O–H groups in total. The Labute approximate surface area is 103 Å². The molecule has 0 aliphatic rings. The van der Waals surface area contributed by atoms with Crippen LogP contribution in [-0.4, -0.2) is 11.1 Å². The van der Waals surface area contributed by atoms with E-state index < -0.39 is 5.97 Å². The number of hydrogen-bond donors (Lipinski definition) is 2. The van der Waals surface area contributed by atoms with Crippen LogP contribution in [0, 0.1) is 0 Å². The summed E-state index contributed by atoms with van der Waals surface area (Å²) in [5.41, 5.74) is 1.10. The second-order valence-corrected chi connectivity index (χ2v) is 4.93. The number of aliphatic carboxylic acids is 1. The molecule has 17 heavy (non-hydrogen) atoms. The molecule has 0 saturated carbocycles. The van der Waals surface area contributed by atoms with Gasteiger partial charge in [-0.3, -0.25) is 4.79 Å². The van der Waals surface area contributed by atoms with Crippen molar-refractivity contribution in [3.05, 3.63) is 46.0 Å². The summed E-state index contributed by atoms with van der Waals surface area (Å²) in [5, 5.41) is 11.9. The summed E-state index contributed by atoms with van der Waals surface area (Å²) >= 11 is 1.53. The average molecular weight is 251 g/mol. The monoisotopic (exact) mass is 251 g/mol. The van der Waals surface area contributed by atoms with Crippen molar-refractivity contribution in [3.63, 3.8) is 0 Å². The lowest BCUT2D eigenvalue weighted by molar-refractivity contribution is -0.136. The minimum Gasteiger partial charge on any atom is -0.481 e. The van der Waals surface area contributed by atoms with Crippen molar-refractivity contribution in [1.82, 2.24) is 5.32 Å². The molecule has 0 spiro atoms. The molecule has 2 aromatic rings. The predicted octanol–water partition coefficient (Wildman–Crippen LogP) is 2.26. The summed E-state index contributed by atoms with van der Waals surface area (Å²) in [6.07, 6.45) is 3.46. The number of furan rings is 1. The smallest absolute Gasteiger partial charge is 0.308 e. The van der Waals surface area contributed by atoms with Crippen molar-refractivity contribution < 1.29 is 14.3 Å². The number of rotatable bonds is 6. The molecule has 5 heteroatoms. The predicted molar refractivity (Wildman–Crippen MR) is 64.9 cm³/mol. The second kappa shape index (κ2) is 5.65. The molecule has 90 valence electrons. The number of carboxylic acids is 1. The van der Waals surface area contributed by atoms with Gasteiger partial charge in [-0.25, -0.2) is 0 Å². The first kappa shape index (κ1) is 11.9. The van der Waals surface area contributed by atoms with E-state index in [0.29, 0.717) is 0 Å². The molecule has 0 fully saturated rings. The van der Waals surface area contributed by atoms with E-state index in [9.17, 15) is 4.79 Å². The lowest BCUT2D eigenvalue weighted by Crippen LogP contribution is -2.10. The Bertz CT molecular complexity index is 476. The molecule has 0 saturated heterocycles. The standard InChI is InChI=1S/C12H13NO3S/c14-12(15)5-10-1-2-11(17-10)7-13-6-9-3-4-16-8-9/h1-4,8,13H,5-7H2,(H,14,15). The minimum atomic E-state index is -0.787. The molecule has 0 aliphatic carbocycles. The Morgan fingerprint density at radius 1 is 1.29 bits per heavy atom. The van der Waals surface area contributed by atoms with Gasteiger partial charge in [-0.15, -0.1) is 11.3 Å². The van der Waals surface area contributed by atoms with Gasteiger partial charge in [-0.2, -0.15) is 0 Å². The molecule has 0 unspecified atom stereocenters. The zero-order chi connectivity index (χ0) is 12.1. The van der Waals surface area contributed by atoms with E-state index in [1.54, 1.807) is 12.5 Å². The maximum Gasteiger partial charge on any atom is 0.308 e. The topological polar surface area (TPSA) is 62.5 Å². The van der Waals surface area contributed by atoms with Crippen molar-refractivity contribution >= 4 is 17.3 Å². The molecule has 0 amide bonds. The fraction of sp³-hybridized carbons (Fsp3) is 0.250. The molecule has 0 bridgehead atoms. The van der Waals surface area contributed by atoms with Crippen LogP contribution in [0.25, 0.3) is 0 Å². The summed E-state index contributed by atoms with van der Waals surface area (Å²) in [4.78, 5) is 12.6. The highest BCUT2D eigenvalue weighted by atomic mass is 32.1. The fourth-order valence-corrected chi connectivity index (χ4v) is 2.46. The van der Waals surface area contributed by atoms with E-state index in [2.05, 4.69) is 5.32 Å². The van der Waals surface area contributed by atoms with E-state index >= 15 is 0 Å². The molecular weight excluding hydrogens is 238 g/mol. The van der Waals surface area contributed by atoms with Gasteiger partial charge in [0.2, 0.25) is 0 Å². The lowest BCUT2D eigenvalue weighted by atomic mass is 10.3. The highest BCUT2D eigenvalue weighted by Crippen LogP contribution is 2.17. The van der Waals surface area contributed by atoms with Gasteiger partial charge < -0.3 is 14.8 Å². The van der Waals surface area contributed by atoms with Crippen molar-refractivity contribution in [2.45, 2.75) is 19.5 Å². The van der Waals surface area contributed by atoms with E-state index in [0.717, 1.165) is 28.4 Å². The maximum atomic E-state index is 10.5. The quantitative estimate of drug-likeness (QED) is 0.826. The van der Waals surface area contributed by atoms with Crippen molar-refractivity contribution in [3.8, 4) is 0 Å². The molecule has 0 atom stereocenters. The van der Waals surface area contributed by atoms with Crippen LogP contribution in [0.2, 0.25) is 0 Å². The molecule has 4 nitrogen and oxygen atoms in total. The molecule has 0 aliphatic heterocycles. The first-order chi connectivity index (χ1) is 8.24. The van der Waals surface area contributed by atoms with Gasteiger partial charge in [0.25, 0.3) is 0 Å². The largest absolute Gasteiger partial charge is 0.481 e. The Morgan fingerprint density at radius 3 is 2.82 bits per heavy atom. The van der Waals surface area contributed by atoms with Crippen LogP contribution < -0.4 is 5.32 Å². The van der Waals surface area contributed by atoms with Crippen LogP contribution in [-0.2, 0) is 24.3 Å². The summed E-state index contributed by atoms with van der Waals surface area (Å²) in [5.74, 6) is -0.787. The number of hydrogen-bond acceptors (Lipinski definition) is 4. The third-order valence-corrected chi connectivity index (χ3v) is 3.34. The second-order valence-electron chi connectivity index (χ2n) is 3.67. The number of carbonyl (C=O) groups is 1. The highest BCUT2D eigenvalue weighted by molar-refractivity contribution is 7.12. The summed E-state index contributed by atoms with van der Waals surface area (Å²) in [7, 11) is 0. The molecule has 0 radical (unpaired) electrons. The first-order valence-corrected chi connectivity index (χ1v) is 6.07. The Hall–Kier alpha value is -1.59. The molecule has 2 heterocycles. The van der Waals surface area contributed by atoms with Gasteiger partial charge in [-0.05, 0) is 18.2 Å². The zero-order valence-corrected chi connectivity index (χ0v) is 10.00. The van der Waals surface area contributed by atoms with Crippen molar-refractivity contribution in [1.29, 1.82) is 0 Å². The lowest BCUT2D eigenvalue weighted by Gasteiger charge is -1.99. The maximum absolute atomic E-state index is 10.5. The molecule has 0 aromatic carbocycles. The van der Waals surface area contributed by atoms with Gasteiger partial charge in [0.1, 0.15) is 0 Å². The van der Waals surface area contributed by atoms with Gasteiger partial charge >= 0.3 is 5.97 Å². The van der Waals surface area contributed by atoms with Crippen LogP contribution in [0.3, 0.4) is 0 Å². The fourth-order valence-electron chi connectivity index (χ4n) is 1.48. The molecule has 2 rings (SSSR count). The van der Waals surface area contributed by atoms with Gasteiger partial charge in [0, 0.05) is 28.4 Å². The third kappa shape index (κ3) is 3.72. The highest BCUT2D eigenvalue weighted by Gasteiger charge is 2.04. The van der Waals surface area contributed by atoms with Gasteiger partial charge in [-0.1, -0.05) is 0 Å². The van der Waals surface area contributed by atoms with Crippen molar-refractivity contribution in [2.24, 2.45) is 0 Å². The van der Waals surface area contributed by atoms with Crippen LogP contribution in [0.15, 0.2) is 35.1 Å². The summed E-state index contributed by atoms with van der Waals surface area (Å²) < 4.78 is 4.96. The Morgan fingerprint density at radius 2 is 2.12 bits per heavy atom. The number of carboxylic acid groups (broad SMARTS) is 1.